The quantitative estimate of drug-likeness (QED) is 0.671. The van der Waals surface area contributed by atoms with Crippen LogP contribution in [0.15, 0.2) is 0 Å². The third-order valence-corrected chi connectivity index (χ3v) is 3.08. The number of hydrogen-bond acceptors (Lipinski definition) is 2. The molecule has 0 radical (unpaired) electrons. The van der Waals surface area contributed by atoms with E-state index in [0.29, 0.717) is 5.54 Å². The molecule has 0 aromatic rings. The van der Waals surface area contributed by atoms with Crippen molar-refractivity contribution < 1.29 is 0 Å². The monoisotopic (exact) mass is 198 g/mol. The molecule has 2 heteroatoms. The second kappa shape index (κ2) is 5.13. The van der Waals surface area contributed by atoms with E-state index in [4.69, 9.17) is 0 Å². The van der Waals surface area contributed by atoms with E-state index in [0.717, 1.165) is 0 Å². The fourth-order valence-corrected chi connectivity index (χ4v) is 2.18. The molecule has 1 heterocycles. The zero-order chi connectivity index (χ0) is 10.6. The highest BCUT2D eigenvalue weighted by molar-refractivity contribution is 4.79. The maximum atomic E-state index is 2.61. The first-order valence-electron chi connectivity index (χ1n) is 6.01. The van der Waals surface area contributed by atoms with Crippen molar-refractivity contribution in [3.05, 3.63) is 0 Å². The lowest BCUT2D eigenvalue weighted by Gasteiger charge is -2.34. The Morgan fingerprint density at radius 1 is 1.00 bits per heavy atom. The lowest BCUT2D eigenvalue weighted by Crippen LogP contribution is -2.43. The topological polar surface area (TPSA) is 6.48 Å². The van der Waals surface area contributed by atoms with Crippen LogP contribution in [0.1, 0.15) is 40.5 Å². The number of nitrogens with zero attached hydrogens (tertiary/aromatic N) is 2. The molecule has 1 saturated heterocycles. The molecular weight excluding hydrogens is 172 g/mol. The van der Waals surface area contributed by atoms with Crippen molar-refractivity contribution in [1.82, 2.24) is 9.80 Å². The van der Waals surface area contributed by atoms with Gasteiger partial charge in [-0.15, -0.1) is 0 Å². The standard InChI is InChI=1S/C12H26N2/c1-5-7-13-8-6-9-14(11-10-13)12(2,3)4/h5-11H2,1-4H3. The molecule has 0 N–H and O–H groups in total. The largest absolute Gasteiger partial charge is 0.302 e. The summed E-state index contributed by atoms with van der Waals surface area (Å²) in [6.45, 7) is 15.6. The van der Waals surface area contributed by atoms with E-state index >= 15 is 0 Å². The molecule has 1 aliphatic heterocycles. The fourth-order valence-electron chi connectivity index (χ4n) is 2.18. The second-order valence-corrected chi connectivity index (χ2v) is 5.35. The van der Waals surface area contributed by atoms with E-state index in [1.54, 1.807) is 0 Å². The highest BCUT2D eigenvalue weighted by atomic mass is 15.2. The summed E-state index contributed by atoms with van der Waals surface area (Å²) in [4.78, 5) is 5.22. The molecule has 0 unspecified atom stereocenters. The van der Waals surface area contributed by atoms with E-state index in [1.165, 1.54) is 45.6 Å². The van der Waals surface area contributed by atoms with Crippen molar-refractivity contribution in [2.24, 2.45) is 0 Å². The minimum absolute atomic E-state index is 0.349. The third kappa shape index (κ3) is 3.58. The van der Waals surface area contributed by atoms with Crippen molar-refractivity contribution in [2.45, 2.75) is 46.1 Å². The molecule has 0 bridgehead atoms. The predicted octanol–water partition coefficient (Wildman–Crippen LogP) is 2.20. The lowest BCUT2D eigenvalue weighted by molar-refractivity contribution is 0.141. The van der Waals surface area contributed by atoms with E-state index in [2.05, 4.69) is 37.5 Å². The average Bonchev–Trinajstić information content (AvgIpc) is 2.29. The summed E-state index contributed by atoms with van der Waals surface area (Å²) >= 11 is 0. The smallest absolute Gasteiger partial charge is 0.0125 e. The van der Waals surface area contributed by atoms with Gasteiger partial charge in [-0.1, -0.05) is 6.92 Å². The molecule has 0 atom stereocenters. The molecule has 0 saturated carbocycles. The molecule has 0 aromatic carbocycles. The minimum Gasteiger partial charge on any atom is -0.302 e. The van der Waals surface area contributed by atoms with Crippen LogP contribution < -0.4 is 0 Å². The van der Waals surface area contributed by atoms with Gasteiger partial charge in [0.15, 0.2) is 0 Å². The van der Waals surface area contributed by atoms with Gasteiger partial charge in [-0.25, -0.2) is 0 Å². The van der Waals surface area contributed by atoms with Gasteiger partial charge in [-0.2, -0.15) is 0 Å². The zero-order valence-corrected chi connectivity index (χ0v) is 10.3. The van der Waals surface area contributed by atoms with E-state index in [-0.39, 0.29) is 0 Å². The first-order valence-corrected chi connectivity index (χ1v) is 6.01. The van der Waals surface area contributed by atoms with Crippen LogP contribution in [0.2, 0.25) is 0 Å². The summed E-state index contributed by atoms with van der Waals surface area (Å²) in [7, 11) is 0. The van der Waals surface area contributed by atoms with E-state index < -0.39 is 0 Å². The van der Waals surface area contributed by atoms with Crippen molar-refractivity contribution >= 4 is 0 Å². The Labute approximate surface area is 89.3 Å². The molecule has 0 aliphatic carbocycles. The lowest BCUT2D eigenvalue weighted by atomic mass is 10.1. The Kier molecular flexibility index (Phi) is 4.39. The van der Waals surface area contributed by atoms with Gasteiger partial charge in [0.2, 0.25) is 0 Å². The fraction of sp³-hybridized carbons (Fsp3) is 1.00. The summed E-state index contributed by atoms with van der Waals surface area (Å²) in [6.07, 6.45) is 2.62. The first-order chi connectivity index (χ1) is 6.54. The highest BCUT2D eigenvalue weighted by Gasteiger charge is 2.23. The van der Waals surface area contributed by atoms with Gasteiger partial charge in [0.25, 0.3) is 0 Å². The predicted molar refractivity (Wildman–Crippen MR) is 62.7 cm³/mol. The third-order valence-electron chi connectivity index (χ3n) is 3.08. The van der Waals surface area contributed by atoms with Crippen LogP contribution in [0, 0.1) is 0 Å². The van der Waals surface area contributed by atoms with Gasteiger partial charge in [0.05, 0.1) is 0 Å². The Bertz CT molecular complexity index is 160. The summed E-state index contributed by atoms with van der Waals surface area (Å²) in [5.74, 6) is 0. The molecule has 0 aromatic heterocycles. The molecule has 2 nitrogen and oxygen atoms in total. The summed E-state index contributed by atoms with van der Waals surface area (Å²) in [5, 5.41) is 0. The summed E-state index contributed by atoms with van der Waals surface area (Å²) in [6, 6.07) is 0. The molecular formula is C12H26N2. The molecule has 1 fully saturated rings. The maximum absolute atomic E-state index is 2.61. The van der Waals surface area contributed by atoms with Crippen LogP contribution in [-0.2, 0) is 0 Å². The van der Waals surface area contributed by atoms with Crippen molar-refractivity contribution in [2.75, 3.05) is 32.7 Å². The van der Waals surface area contributed by atoms with Gasteiger partial charge in [-0.3, -0.25) is 4.90 Å². The minimum atomic E-state index is 0.349. The van der Waals surface area contributed by atoms with Crippen LogP contribution in [0.5, 0.6) is 0 Å². The first kappa shape index (κ1) is 12.0. The summed E-state index contributed by atoms with van der Waals surface area (Å²) in [5.41, 5.74) is 0.349. The molecule has 0 amide bonds. The Morgan fingerprint density at radius 3 is 2.29 bits per heavy atom. The Hall–Kier alpha value is -0.0800. The number of hydrogen-bond donors (Lipinski definition) is 0. The highest BCUT2D eigenvalue weighted by Crippen LogP contribution is 2.15. The molecule has 84 valence electrons. The van der Waals surface area contributed by atoms with Crippen molar-refractivity contribution in [3.63, 3.8) is 0 Å². The van der Waals surface area contributed by atoms with E-state index in [9.17, 15) is 0 Å². The van der Waals surface area contributed by atoms with Crippen LogP contribution in [0.3, 0.4) is 0 Å². The molecule has 1 rings (SSSR count). The Morgan fingerprint density at radius 2 is 1.71 bits per heavy atom. The van der Waals surface area contributed by atoms with E-state index in [1.807, 2.05) is 0 Å². The normalized spacial score (nSPS) is 22.3. The molecule has 0 spiro atoms. The van der Waals surface area contributed by atoms with Crippen molar-refractivity contribution in [3.8, 4) is 0 Å². The van der Waals surface area contributed by atoms with Gasteiger partial charge >= 0.3 is 0 Å². The van der Waals surface area contributed by atoms with Crippen LogP contribution in [0.4, 0.5) is 0 Å². The zero-order valence-electron chi connectivity index (χ0n) is 10.3. The van der Waals surface area contributed by atoms with Gasteiger partial charge in [0, 0.05) is 18.6 Å². The van der Waals surface area contributed by atoms with Gasteiger partial charge in [-0.05, 0) is 53.2 Å². The second-order valence-electron chi connectivity index (χ2n) is 5.35. The maximum Gasteiger partial charge on any atom is 0.0125 e. The Balaban J connectivity index is 2.41. The van der Waals surface area contributed by atoms with Gasteiger partial charge in [0.1, 0.15) is 0 Å². The van der Waals surface area contributed by atoms with Crippen molar-refractivity contribution in [1.29, 1.82) is 0 Å². The van der Waals surface area contributed by atoms with Crippen LogP contribution >= 0.6 is 0 Å². The number of rotatable bonds is 2. The molecule has 14 heavy (non-hydrogen) atoms. The molecule has 1 aliphatic rings. The average molecular weight is 198 g/mol. The van der Waals surface area contributed by atoms with Crippen LogP contribution in [-0.4, -0.2) is 48.1 Å². The SMILES string of the molecule is CCCN1CCCN(C(C)(C)C)CC1. The summed E-state index contributed by atoms with van der Waals surface area (Å²) < 4.78 is 0. The van der Waals surface area contributed by atoms with Gasteiger partial charge < -0.3 is 4.90 Å². The van der Waals surface area contributed by atoms with Crippen LogP contribution in [0.25, 0.3) is 0 Å².